The van der Waals surface area contributed by atoms with E-state index in [1.165, 1.54) is 12.1 Å². The minimum Gasteiger partial charge on any atom is -0.448 e. The van der Waals surface area contributed by atoms with E-state index >= 15 is 0 Å². The van der Waals surface area contributed by atoms with Gasteiger partial charge in [-0.25, -0.2) is 4.39 Å². The summed E-state index contributed by atoms with van der Waals surface area (Å²) in [7, 11) is 0. The second kappa shape index (κ2) is 8.82. The third-order valence-electron chi connectivity index (χ3n) is 6.42. The predicted molar refractivity (Wildman–Crippen MR) is 127 cm³/mol. The fourth-order valence-corrected chi connectivity index (χ4v) is 4.70. The zero-order chi connectivity index (χ0) is 23.8. The Morgan fingerprint density at radius 1 is 1.03 bits per heavy atom. The van der Waals surface area contributed by atoms with Crippen LogP contribution >= 0.6 is 0 Å². The van der Waals surface area contributed by atoms with Crippen LogP contribution in [-0.2, 0) is 6.54 Å². The summed E-state index contributed by atoms with van der Waals surface area (Å²) in [6.45, 7) is 5.53. The number of piperazine rings is 1. The molecule has 34 heavy (non-hydrogen) atoms. The minimum absolute atomic E-state index is 0.0570. The van der Waals surface area contributed by atoms with Gasteiger partial charge in [-0.15, -0.1) is 0 Å². The Morgan fingerprint density at radius 2 is 1.85 bits per heavy atom. The number of rotatable bonds is 4. The van der Waals surface area contributed by atoms with Crippen LogP contribution in [0.3, 0.4) is 0 Å². The lowest BCUT2D eigenvalue weighted by Gasteiger charge is -2.40. The number of aryl methyl sites for hydroxylation is 1. The first-order chi connectivity index (χ1) is 16.4. The zero-order valence-electron chi connectivity index (χ0n) is 19.2. The summed E-state index contributed by atoms with van der Waals surface area (Å²) in [5.41, 5.74) is 3.50. The maximum Gasteiger partial charge on any atom is 0.270 e. The van der Waals surface area contributed by atoms with E-state index in [2.05, 4.69) is 6.07 Å². The van der Waals surface area contributed by atoms with Gasteiger partial charge in [0.25, 0.3) is 11.8 Å². The molecule has 6 nitrogen and oxygen atoms in total. The lowest BCUT2D eigenvalue weighted by atomic mass is 10.1. The van der Waals surface area contributed by atoms with Gasteiger partial charge in [-0.05, 0) is 43.7 Å². The first-order valence-electron chi connectivity index (χ1n) is 11.4. The lowest BCUT2D eigenvalue weighted by Crippen LogP contribution is -2.55. The zero-order valence-corrected chi connectivity index (χ0v) is 19.2. The summed E-state index contributed by atoms with van der Waals surface area (Å²) in [5, 5.41) is 0.873. The number of halogens is 1. The van der Waals surface area contributed by atoms with Crippen molar-refractivity contribution >= 4 is 22.9 Å². The Bertz CT molecular complexity index is 1370. The first-order valence-corrected chi connectivity index (χ1v) is 11.4. The van der Waals surface area contributed by atoms with Gasteiger partial charge in [0.05, 0.1) is 18.4 Å². The molecule has 1 saturated heterocycles. The third-order valence-corrected chi connectivity index (χ3v) is 6.42. The molecule has 7 heteroatoms. The van der Waals surface area contributed by atoms with E-state index in [9.17, 15) is 14.0 Å². The van der Waals surface area contributed by atoms with Gasteiger partial charge < -0.3 is 18.8 Å². The van der Waals surface area contributed by atoms with E-state index in [-0.39, 0.29) is 23.4 Å². The molecular formula is C27H26FN3O3. The van der Waals surface area contributed by atoms with Gasteiger partial charge in [0.1, 0.15) is 11.5 Å². The van der Waals surface area contributed by atoms with Gasteiger partial charge in [0.15, 0.2) is 0 Å². The molecule has 2 aromatic carbocycles. The molecule has 0 radical (unpaired) electrons. The van der Waals surface area contributed by atoms with E-state index in [1.807, 2.05) is 48.7 Å². The molecule has 0 N–H and O–H groups in total. The molecule has 1 atom stereocenters. The topological polar surface area (TPSA) is 58.7 Å². The second-order valence-electron chi connectivity index (χ2n) is 8.86. The SMILES string of the molecule is Cc1cccc(Cn2c(C(=O)N3CCN(C(=O)c4ccccc4F)[C@H](C)C3)cc3ccoc32)c1. The van der Waals surface area contributed by atoms with Crippen molar-refractivity contribution in [3.05, 3.63) is 95.1 Å². The number of carbonyl (C=O) groups is 2. The van der Waals surface area contributed by atoms with Crippen molar-refractivity contribution in [1.82, 2.24) is 14.4 Å². The van der Waals surface area contributed by atoms with Crippen LogP contribution in [-0.4, -0.2) is 51.9 Å². The van der Waals surface area contributed by atoms with Gasteiger partial charge in [-0.1, -0.05) is 42.0 Å². The Labute approximate surface area is 197 Å². The van der Waals surface area contributed by atoms with Crippen molar-refractivity contribution < 1.29 is 18.4 Å². The maximum absolute atomic E-state index is 14.1. The first kappa shape index (κ1) is 21.9. The maximum atomic E-state index is 14.1. The molecule has 2 aromatic heterocycles. The van der Waals surface area contributed by atoms with Crippen molar-refractivity contribution in [2.24, 2.45) is 0 Å². The number of aromatic nitrogens is 1. The largest absolute Gasteiger partial charge is 0.448 e. The Hall–Kier alpha value is -3.87. The standard InChI is InChI=1S/C27H26FN3O3/c1-18-6-5-7-20(14-18)17-31-24(15-21-10-13-34-27(21)31)26(33)29-11-12-30(19(2)16-29)25(32)22-8-3-4-9-23(22)28/h3-10,13-15,19H,11-12,16-17H2,1-2H3/t19-/m1/s1. The van der Waals surface area contributed by atoms with Gasteiger partial charge in [-0.3, -0.25) is 9.59 Å². The van der Waals surface area contributed by atoms with Crippen LogP contribution in [0.1, 0.15) is 38.9 Å². The van der Waals surface area contributed by atoms with Crippen LogP contribution in [0.15, 0.2) is 71.3 Å². The molecule has 0 spiro atoms. The highest BCUT2D eigenvalue weighted by Gasteiger charge is 2.33. The summed E-state index contributed by atoms with van der Waals surface area (Å²) >= 11 is 0. The van der Waals surface area contributed by atoms with Crippen molar-refractivity contribution in [3.8, 4) is 0 Å². The van der Waals surface area contributed by atoms with Gasteiger partial charge in [0, 0.05) is 31.1 Å². The van der Waals surface area contributed by atoms with E-state index in [0.29, 0.717) is 37.6 Å². The number of hydrogen-bond donors (Lipinski definition) is 0. The van der Waals surface area contributed by atoms with Crippen molar-refractivity contribution in [2.45, 2.75) is 26.4 Å². The molecule has 3 heterocycles. The van der Waals surface area contributed by atoms with E-state index < -0.39 is 5.82 Å². The van der Waals surface area contributed by atoms with Gasteiger partial charge in [0.2, 0.25) is 5.71 Å². The van der Waals surface area contributed by atoms with Crippen molar-refractivity contribution in [3.63, 3.8) is 0 Å². The van der Waals surface area contributed by atoms with Crippen molar-refractivity contribution in [1.29, 1.82) is 0 Å². The molecule has 4 aromatic rings. The summed E-state index contributed by atoms with van der Waals surface area (Å²) in [4.78, 5) is 29.9. The van der Waals surface area contributed by atoms with Gasteiger partial charge >= 0.3 is 0 Å². The lowest BCUT2D eigenvalue weighted by molar-refractivity contribution is 0.0406. The normalized spacial score (nSPS) is 16.3. The summed E-state index contributed by atoms with van der Waals surface area (Å²) in [6.07, 6.45) is 1.63. The van der Waals surface area contributed by atoms with Crippen LogP contribution < -0.4 is 0 Å². The number of benzene rings is 2. The molecule has 1 fully saturated rings. The average Bonchev–Trinajstić information content (AvgIpc) is 3.41. The molecule has 2 amide bonds. The van der Waals surface area contributed by atoms with E-state index in [0.717, 1.165) is 16.5 Å². The number of amides is 2. The monoisotopic (exact) mass is 459 g/mol. The average molecular weight is 460 g/mol. The Kier molecular flexibility index (Phi) is 5.69. The smallest absolute Gasteiger partial charge is 0.270 e. The van der Waals surface area contributed by atoms with Gasteiger partial charge in [-0.2, -0.15) is 0 Å². The number of nitrogens with zero attached hydrogens (tertiary/aromatic N) is 3. The number of hydrogen-bond acceptors (Lipinski definition) is 3. The molecule has 1 aliphatic rings. The molecule has 5 rings (SSSR count). The Morgan fingerprint density at radius 3 is 2.62 bits per heavy atom. The quantitative estimate of drug-likeness (QED) is 0.444. The van der Waals surface area contributed by atoms with E-state index in [4.69, 9.17) is 4.42 Å². The molecule has 174 valence electrons. The van der Waals surface area contributed by atoms with Crippen LogP contribution in [0.25, 0.3) is 11.1 Å². The number of furan rings is 1. The van der Waals surface area contributed by atoms with Crippen molar-refractivity contribution in [2.75, 3.05) is 19.6 Å². The second-order valence-corrected chi connectivity index (χ2v) is 8.86. The molecule has 0 saturated carbocycles. The fourth-order valence-electron chi connectivity index (χ4n) is 4.70. The summed E-state index contributed by atoms with van der Waals surface area (Å²) in [6, 6.07) is 17.6. The van der Waals surface area contributed by atoms with Crippen LogP contribution in [0, 0.1) is 12.7 Å². The molecular weight excluding hydrogens is 433 g/mol. The predicted octanol–water partition coefficient (Wildman–Crippen LogP) is 4.72. The highest BCUT2D eigenvalue weighted by molar-refractivity contribution is 5.98. The number of fused-ring (bicyclic) bond motifs is 1. The highest BCUT2D eigenvalue weighted by Crippen LogP contribution is 2.25. The van der Waals surface area contributed by atoms with E-state index in [1.54, 1.807) is 28.2 Å². The molecule has 1 aliphatic heterocycles. The summed E-state index contributed by atoms with van der Waals surface area (Å²) in [5.74, 6) is -0.989. The molecule has 0 aliphatic carbocycles. The minimum atomic E-state index is -0.533. The number of carbonyl (C=O) groups excluding carboxylic acids is 2. The van der Waals surface area contributed by atoms with Crippen LogP contribution in [0.5, 0.6) is 0 Å². The van der Waals surface area contributed by atoms with Crippen LogP contribution in [0.4, 0.5) is 4.39 Å². The fraction of sp³-hybridized carbons (Fsp3) is 0.259. The highest BCUT2D eigenvalue weighted by atomic mass is 19.1. The summed E-state index contributed by atoms with van der Waals surface area (Å²) < 4.78 is 21.8. The van der Waals surface area contributed by atoms with Crippen LogP contribution in [0.2, 0.25) is 0 Å². The molecule has 0 bridgehead atoms. The third kappa shape index (κ3) is 3.98. The Balaban J connectivity index is 1.37. The molecule has 0 unspecified atom stereocenters.